The second-order valence-corrected chi connectivity index (χ2v) is 18.7. The molecule has 1 saturated heterocycles. The number of nitrogens with one attached hydrogen (secondary N) is 3. The molecule has 0 spiro atoms. The highest BCUT2D eigenvalue weighted by Crippen LogP contribution is 2.47. The molecule has 57 heavy (non-hydrogen) atoms. The summed E-state index contributed by atoms with van der Waals surface area (Å²) in [7, 11) is -4.04. The smallest absolute Gasteiger partial charge is 0.416 e. The van der Waals surface area contributed by atoms with Gasteiger partial charge in [-0.3, -0.25) is 23.7 Å². The topological polar surface area (TPSA) is 152 Å². The maximum absolute atomic E-state index is 14.7. The van der Waals surface area contributed by atoms with E-state index in [1.54, 1.807) is 52.2 Å². The number of anilines is 1. The summed E-state index contributed by atoms with van der Waals surface area (Å²) >= 11 is 0. The van der Waals surface area contributed by atoms with Gasteiger partial charge in [-0.1, -0.05) is 51.1 Å². The average molecular weight is 807 g/mol. The third-order valence-electron chi connectivity index (χ3n) is 11.2. The number of amides is 3. The lowest BCUT2D eigenvalue weighted by Gasteiger charge is -2.36. The molecule has 3 fully saturated rings. The van der Waals surface area contributed by atoms with Gasteiger partial charge in [0.2, 0.25) is 21.8 Å². The van der Waals surface area contributed by atoms with Gasteiger partial charge in [0.1, 0.15) is 35.8 Å². The zero-order valence-corrected chi connectivity index (χ0v) is 32.8. The monoisotopic (exact) mass is 806 g/mol. The molecule has 0 bridgehead atoms. The number of carbonyl (C=O) groups excluding carboxylic acids is 3. The van der Waals surface area contributed by atoms with E-state index in [0.717, 1.165) is 23.3 Å². The Labute approximate surface area is 328 Å². The number of alkyl halides is 3. The van der Waals surface area contributed by atoms with E-state index in [0.29, 0.717) is 24.1 Å². The predicted molar refractivity (Wildman–Crippen MR) is 208 cm³/mol. The van der Waals surface area contributed by atoms with Crippen molar-refractivity contribution < 1.29 is 40.7 Å². The first kappa shape index (κ1) is 39.8. The van der Waals surface area contributed by atoms with Crippen molar-refractivity contribution in [1.82, 2.24) is 24.5 Å². The molecule has 16 heteroatoms. The summed E-state index contributed by atoms with van der Waals surface area (Å²) in [5.74, 6) is -2.32. The van der Waals surface area contributed by atoms with Crippen LogP contribution in [0.5, 0.6) is 5.75 Å². The molecule has 3 amide bonds. The molecule has 2 heterocycles. The number of carbonyl (C=O) groups is 3. The van der Waals surface area contributed by atoms with E-state index in [-0.39, 0.29) is 25.1 Å². The van der Waals surface area contributed by atoms with Gasteiger partial charge in [-0.05, 0) is 74.1 Å². The fourth-order valence-corrected chi connectivity index (χ4v) is 8.62. The van der Waals surface area contributed by atoms with Gasteiger partial charge in [0, 0.05) is 29.8 Å². The Morgan fingerprint density at radius 2 is 1.74 bits per heavy atom. The van der Waals surface area contributed by atoms with Crippen LogP contribution in [0.25, 0.3) is 16.7 Å². The Morgan fingerprint density at radius 1 is 1.02 bits per heavy atom. The molecule has 3 N–H and O–H groups in total. The highest BCUT2D eigenvalue weighted by atomic mass is 32.2. The van der Waals surface area contributed by atoms with Crippen LogP contribution in [0.15, 0.2) is 91.8 Å². The number of aromatic nitrogens is 2. The Kier molecular flexibility index (Phi) is 9.94. The van der Waals surface area contributed by atoms with E-state index in [2.05, 4.69) is 26.9 Å². The second-order valence-electron chi connectivity index (χ2n) is 16.5. The molecule has 3 aromatic carbocycles. The third-order valence-corrected chi connectivity index (χ3v) is 13.4. The minimum absolute atomic E-state index is 0.0131. The van der Waals surface area contributed by atoms with Crippen LogP contribution >= 0.6 is 0 Å². The summed E-state index contributed by atoms with van der Waals surface area (Å²) in [6.45, 7) is 10.5. The molecule has 0 radical (unpaired) electrons. The lowest BCUT2D eigenvalue weighted by Crippen LogP contribution is -2.59. The van der Waals surface area contributed by atoms with Gasteiger partial charge in [-0.15, -0.1) is 6.58 Å². The largest absolute Gasteiger partial charge is 0.488 e. The number of benzene rings is 3. The van der Waals surface area contributed by atoms with Crippen LogP contribution < -0.4 is 20.1 Å². The highest BCUT2D eigenvalue weighted by Gasteiger charge is 2.63. The second kappa shape index (κ2) is 14.2. The van der Waals surface area contributed by atoms with Gasteiger partial charge in [0.05, 0.1) is 27.9 Å². The predicted octanol–water partition coefficient (Wildman–Crippen LogP) is 5.98. The number of ether oxygens (including phenoxy) is 1. The Morgan fingerprint density at radius 3 is 2.37 bits per heavy atom. The summed E-state index contributed by atoms with van der Waals surface area (Å²) in [5, 5.41) is 5.77. The Hall–Kier alpha value is -5.38. The molecule has 302 valence electrons. The summed E-state index contributed by atoms with van der Waals surface area (Å²) in [4.78, 5) is 48.6. The summed E-state index contributed by atoms with van der Waals surface area (Å²) in [6, 6.07) is 17.1. The van der Waals surface area contributed by atoms with Crippen molar-refractivity contribution >= 4 is 44.5 Å². The number of rotatable bonds is 12. The van der Waals surface area contributed by atoms with Crippen LogP contribution in [-0.2, 0) is 30.6 Å². The van der Waals surface area contributed by atoms with Crippen LogP contribution in [0.1, 0.15) is 58.9 Å². The lowest BCUT2D eigenvalue weighted by molar-refractivity contribution is -0.141. The number of sulfonamides is 1. The number of nitrogens with zero attached hydrogens (tertiary/aromatic N) is 3. The summed E-state index contributed by atoms with van der Waals surface area (Å²) < 4.78 is 76.5. The fraction of sp³-hybridized carbons (Fsp3) is 0.415. The first-order valence-electron chi connectivity index (χ1n) is 18.7. The molecule has 3 aliphatic rings. The molecule has 7 rings (SSSR count). The van der Waals surface area contributed by atoms with E-state index in [9.17, 15) is 36.0 Å². The number of hydrogen-bond acceptors (Lipinski definition) is 8. The molecule has 4 aromatic rings. The molecule has 5 atom stereocenters. The van der Waals surface area contributed by atoms with Crippen molar-refractivity contribution in [2.75, 3.05) is 11.9 Å². The quantitative estimate of drug-likeness (QED) is 0.148. The summed E-state index contributed by atoms with van der Waals surface area (Å²) in [6.07, 6.45) is -1.32. The number of para-hydroxylation sites is 1. The van der Waals surface area contributed by atoms with Crippen LogP contribution in [0.2, 0.25) is 0 Å². The average Bonchev–Trinajstić information content (AvgIpc) is 3.97. The molecule has 1 aromatic heterocycles. The van der Waals surface area contributed by atoms with E-state index in [1.165, 1.54) is 23.1 Å². The number of halogens is 3. The fourth-order valence-electron chi connectivity index (χ4n) is 7.31. The van der Waals surface area contributed by atoms with Gasteiger partial charge in [-0.25, -0.2) is 13.4 Å². The van der Waals surface area contributed by atoms with Crippen LogP contribution in [0.4, 0.5) is 18.9 Å². The highest BCUT2D eigenvalue weighted by molar-refractivity contribution is 7.91. The van der Waals surface area contributed by atoms with Crippen molar-refractivity contribution in [1.29, 1.82) is 0 Å². The molecule has 5 unspecified atom stereocenters. The Balaban J connectivity index is 1.19. The zero-order valence-electron chi connectivity index (χ0n) is 32.0. The number of hydrogen-bond donors (Lipinski definition) is 3. The molecule has 2 aliphatic carbocycles. The van der Waals surface area contributed by atoms with Crippen molar-refractivity contribution in [3.8, 4) is 11.4 Å². The first-order chi connectivity index (χ1) is 26.7. The van der Waals surface area contributed by atoms with Crippen LogP contribution in [0, 0.1) is 11.3 Å². The van der Waals surface area contributed by atoms with Gasteiger partial charge in [0.25, 0.3) is 5.91 Å². The first-order valence-corrected chi connectivity index (χ1v) is 20.2. The van der Waals surface area contributed by atoms with Crippen LogP contribution in [-0.4, -0.2) is 75.6 Å². The standard InChI is InChI=1S/C41H45F3N6O6S/c1-6-25-22-40(25,37(53)48-57(54,55)39(5)17-18-39)47-35(51)33-21-30(56-29-15-16-31-32(20-29)50(24-45-31)28-13-8-7-9-14-28)23-49(33)36(52)34(38(2,3)4)46-27-12-10-11-26(19-27)41(42,43)44/h6-16,19-20,24-25,30,33-34,46H,1,17-18,21-23H2,2-5H3,(H,47,51)(H,48,53). The Bertz CT molecular complexity index is 2340. The maximum Gasteiger partial charge on any atom is 0.416 e. The van der Waals surface area contributed by atoms with Crippen molar-refractivity contribution in [2.24, 2.45) is 11.3 Å². The normalized spacial score (nSPS) is 23.4. The van der Waals surface area contributed by atoms with Crippen molar-refractivity contribution in [2.45, 2.75) is 88.0 Å². The third kappa shape index (κ3) is 7.83. The van der Waals surface area contributed by atoms with Crippen molar-refractivity contribution in [3.63, 3.8) is 0 Å². The van der Waals surface area contributed by atoms with Gasteiger partial charge in [-0.2, -0.15) is 13.2 Å². The maximum atomic E-state index is 14.7. The summed E-state index contributed by atoms with van der Waals surface area (Å²) in [5.41, 5.74) is -0.985. The van der Waals surface area contributed by atoms with Gasteiger partial charge < -0.3 is 20.3 Å². The van der Waals surface area contributed by atoms with Gasteiger partial charge >= 0.3 is 6.18 Å². The number of imidazole rings is 1. The van der Waals surface area contributed by atoms with E-state index in [4.69, 9.17) is 4.74 Å². The SMILES string of the molecule is C=CC1CC1(NC(=O)C1CC(Oc2ccc3ncn(-c4ccccc4)c3c2)CN1C(=O)C(Nc1cccc(C(F)(F)F)c1)C(C)(C)C)C(=O)NS(=O)(=O)C1(C)CC1. The van der Waals surface area contributed by atoms with E-state index >= 15 is 0 Å². The van der Waals surface area contributed by atoms with Crippen LogP contribution in [0.3, 0.4) is 0 Å². The minimum Gasteiger partial charge on any atom is -0.488 e. The minimum atomic E-state index is -4.62. The van der Waals surface area contributed by atoms with Gasteiger partial charge in [0.15, 0.2) is 0 Å². The molecule has 2 saturated carbocycles. The molecule has 12 nitrogen and oxygen atoms in total. The molecular weight excluding hydrogens is 762 g/mol. The number of likely N-dealkylation sites (tertiary alicyclic amines) is 1. The van der Waals surface area contributed by atoms with E-state index in [1.807, 2.05) is 34.9 Å². The lowest BCUT2D eigenvalue weighted by atomic mass is 9.85. The molecular formula is C41H45F3N6O6S. The zero-order chi connectivity index (χ0) is 41.1. The van der Waals surface area contributed by atoms with Crippen molar-refractivity contribution in [3.05, 3.63) is 97.3 Å². The van der Waals surface area contributed by atoms with E-state index < -0.39 is 79.3 Å². The molecule has 1 aliphatic heterocycles. The number of fused-ring (bicyclic) bond motifs is 1.